The Balaban J connectivity index is 1.60. The smallest absolute Gasteiger partial charge is 0.115 e. The van der Waals surface area contributed by atoms with Gasteiger partial charge in [-0.3, -0.25) is 0 Å². The molecule has 0 amide bonds. The van der Waals surface area contributed by atoms with Crippen molar-refractivity contribution in [3.63, 3.8) is 0 Å². The number of fused-ring (bicyclic) bond motifs is 3. The fourth-order valence-electron chi connectivity index (χ4n) is 3.86. The zero-order valence-corrected chi connectivity index (χ0v) is 12.0. The van der Waals surface area contributed by atoms with E-state index in [2.05, 4.69) is 19.5 Å². The summed E-state index contributed by atoms with van der Waals surface area (Å²) in [7, 11) is 0. The molecule has 2 atom stereocenters. The molecule has 1 saturated carbocycles. The lowest BCUT2D eigenvalue weighted by Crippen LogP contribution is -2.26. The zero-order valence-electron chi connectivity index (χ0n) is 12.0. The van der Waals surface area contributed by atoms with Crippen LogP contribution in [0.3, 0.4) is 0 Å². The Labute approximate surface area is 124 Å². The third kappa shape index (κ3) is 2.16. The minimum atomic E-state index is -0.258. The van der Waals surface area contributed by atoms with E-state index in [0.717, 1.165) is 36.2 Å². The summed E-state index contributed by atoms with van der Waals surface area (Å²) in [5.41, 5.74) is 3.14. The quantitative estimate of drug-likeness (QED) is 0.941. The van der Waals surface area contributed by atoms with E-state index in [4.69, 9.17) is 0 Å². The van der Waals surface area contributed by atoms with Gasteiger partial charge in [-0.2, -0.15) is 0 Å². The standard InChI is InChI=1S/C16H20N4O/c21-15(11-4-2-1-3-5-11)6-13-16-12(7-17-9-19-16)14-8-18-10-20(13)14/h7-11,13,15,21H,1-6H2. The van der Waals surface area contributed by atoms with E-state index in [1.54, 1.807) is 6.33 Å². The molecule has 5 nitrogen and oxygen atoms in total. The molecule has 1 N–H and O–H groups in total. The van der Waals surface area contributed by atoms with Crippen LogP contribution in [-0.4, -0.2) is 30.7 Å². The Morgan fingerprint density at radius 2 is 2.05 bits per heavy atom. The molecule has 21 heavy (non-hydrogen) atoms. The fourth-order valence-corrected chi connectivity index (χ4v) is 3.86. The normalized spacial score (nSPS) is 22.8. The minimum absolute atomic E-state index is 0.0948. The third-order valence-corrected chi connectivity index (χ3v) is 5.00. The van der Waals surface area contributed by atoms with Crippen molar-refractivity contribution >= 4 is 0 Å². The van der Waals surface area contributed by atoms with Gasteiger partial charge in [-0.15, -0.1) is 0 Å². The summed E-state index contributed by atoms with van der Waals surface area (Å²) in [6.45, 7) is 0. The van der Waals surface area contributed by atoms with Crippen LogP contribution < -0.4 is 0 Å². The molecule has 0 radical (unpaired) electrons. The first-order valence-electron chi connectivity index (χ1n) is 7.85. The minimum Gasteiger partial charge on any atom is -0.393 e. The first-order chi connectivity index (χ1) is 10.3. The number of aromatic nitrogens is 4. The largest absolute Gasteiger partial charge is 0.393 e. The van der Waals surface area contributed by atoms with E-state index in [0.29, 0.717) is 5.92 Å². The maximum atomic E-state index is 10.6. The Hall–Kier alpha value is -1.75. The first-order valence-corrected chi connectivity index (χ1v) is 7.85. The molecule has 5 heteroatoms. The summed E-state index contributed by atoms with van der Waals surface area (Å²) < 4.78 is 2.13. The van der Waals surface area contributed by atoms with Crippen molar-refractivity contribution in [2.75, 3.05) is 0 Å². The molecule has 1 aliphatic heterocycles. The van der Waals surface area contributed by atoms with Gasteiger partial charge < -0.3 is 9.67 Å². The summed E-state index contributed by atoms with van der Waals surface area (Å²) >= 11 is 0. The van der Waals surface area contributed by atoms with Gasteiger partial charge in [-0.25, -0.2) is 15.0 Å². The van der Waals surface area contributed by atoms with Crippen LogP contribution in [-0.2, 0) is 0 Å². The number of imidazole rings is 1. The Morgan fingerprint density at radius 1 is 1.19 bits per heavy atom. The molecule has 110 valence electrons. The molecule has 4 rings (SSSR count). The van der Waals surface area contributed by atoms with Crippen molar-refractivity contribution in [1.29, 1.82) is 0 Å². The van der Waals surface area contributed by atoms with E-state index in [-0.39, 0.29) is 12.1 Å². The van der Waals surface area contributed by atoms with Gasteiger partial charge in [-0.05, 0) is 18.8 Å². The van der Waals surface area contributed by atoms with Gasteiger partial charge in [-0.1, -0.05) is 19.3 Å². The molecule has 0 bridgehead atoms. The highest BCUT2D eigenvalue weighted by molar-refractivity contribution is 5.65. The molecule has 0 aromatic carbocycles. The molecular formula is C16H20N4O. The molecular weight excluding hydrogens is 264 g/mol. The van der Waals surface area contributed by atoms with Crippen molar-refractivity contribution in [2.24, 2.45) is 5.92 Å². The number of nitrogens with zero attached hydrogens (tertiary/aromatic N) is 4. The third-order valence-electron chi connectivity index (χ3n) is 5.00. The first kappa shape index (κ1) is 13.0. The lowest BCUT2D eigenvalue weighted by molar-refractivity contribution is 0.0683. The van der Waals surface area contributed by atoms with Crippen LogP contribution in [0.25, 0.3) is 11.3 Å². The topological polar surface area (TPSA) is 63.8 Å². The van der Waals surface area contributed by atoms with Crippen LogP contribution in [0.2, 0.25) is 0 Å². The summed E-state index contributed by atoms with van der Waals surface area (Å²) in [5, 5.41) is 10.6. The predicted molar refractivity (Wildman–Crippen MR) is 78.6 cm³/mol. The van der Waals surface area contributed by atoms with Crippen molar-refractivity contribution in [1.82, 2.24) is 19.5 Å². The Bertz CT molecular complexity index is 633. The average molecular weight is 284 g/mol. The molecule has 1 fully saturated rings. The lowest BCUT2D eigenvalue weighted by atomic mass is 9.83. The van der Waals surface area contributed by atoms with Crippen LogP contribution in [0.5, 0.6) is 0 Å². The second kappa shape index (κ2) is 5.22. The molecule has 0 spiro atoms. The fraction of sp³-hybridized carbons (Fsp3) is 0.562. The van der Waals surface area contributed by atoms with Gasteiger partial charge in [0.1, 0.15) is 6.33 Å². The van der Waals surface area contributed by atoms with Crippen molar-refractivity contribution in [2.45, 2.75) is 50.7 Å². The SMILES string of the molecule is OC(CC1c2ncncc2-c2cncn21)C1CCCCC1. The summed E-state index contributed by atoms with van der Waals surface area (Å²) in [5.74, 6) is 0.441. The maximum Gasteiger partial charge on any atom is 0.115 e. The predicted octanol–water partition coefficient (Wildman–Crippen LogP) is 2.57. The number of aliphatic hydroxyl groups is 1. The van der Waals surface area contributed by atoms with Crippen molar-refractivity contribution < 1.29 is 5.11 Å². The van der Waals surface area contributed by atoms with E-state index in [1.807, 2.05) is 18.7 Å². The van der Waals surface area contributed by atoms with Crippen molar-refractivity contribution in [3.05, 3.63) is 30.7 Å². The van der Waals surface area contributed by atoms with Gasteiger partial charge in [0.25, 0.3) is 0 Å². The van der Waals surface area contributed by atoms with Gasteiger partial charge >= 0.3 is 0 Å². The summed E-state index contributed by atoms with van der Waals surface area (Å²) in [6, 6.07) is 0.0948. The Kier molecular flexibility index (Phi) is 3.22. The van der Waals surface area contributed by atoms with Gasteiger partial charge in [0.05, 0.1) is 36.1 Å². The summed E-state index contributed by atoms with van der Waals surface area (Å²) in [6.07, 6.45) is 13.7. The highest BCUT2D eigenvalue weighted by atomic mass is 16.3. The van der Waals surface area contributed by atoms with E-state index >= 15 is 0 Å². The zero-order chi connectivity index (χ0) is 14.2. The molecule has 1 aliphatic carbocycles. The van der Waals surface area contributed by atoms with Crippen LogP contribution in [0.15, 0.2) is 25.0 Å². The van der Waals surface area contributed by atoms with Crippen LogP contribution in [0.1, 0.15) is 50.3 Å². The van der Waals surface area contributed by atoms with E-state index in [9.17, 15) is 5.11 Å². The molecule has 2 unspecified atom stereocenters. The summed E-state index contributed by atoms with van der Waals surface area (Å²) in [4.78, 5) is 12.8. The molecule has 3 heterocycles. The molecule has 0 saturated heterocycles. The number of hydrogen-bond acceptors (Lipinski definition) is 4. The van der Waals surface area contributed by atoms with Gasteiger partial charge in [0, 0.05) is 18.2 Å². The highest BCUT2D eigenvalue weighted by Crippen LogP contribution is 2.41. The van der Waals surface area contributed by atoms with Gasteiger partial charge in [0.2, 0.25) is 0 Å². The molecule has 2 aromatic rings. The lowest BCUT2D eigenvalue weighted by Gasteiger charge is -2.28. The van der Waals surface area contributed by atoms with Crippen LogP contribution >= 0.6 is 0 Å². The average Bonchev–Trinajstić information content (AvgIpc) is 3.11. The molecule has 2 aliphatic rings. The number of rotatable bonds is 3. The Morgan fingerprint density at radius 3 is 2.90 bits per heavy atom. The van der Waals surface area contributed by atoms with Crippen LogP contribution in [0, 0.1) is 5.92 Å². The monoisotopic (exact) mass is 284 g/mol. The highest BCUT2D eigenvalue weighted by Gasteiger charge is 2.33. The maximum absolute atomic E-state index is 10.6. The second-order valence-corrected chi connectivity index (χ2v) is 6.22. The van der Waals surface area contributed by atoms with E-state index < -0.39 is 0 Å². The second-order valence-electron chi connectivity index (χ2n) is 6.22. The number of aliphatic hydroxyl groups excluding tert-OH is 1. The number of hydrogen-bond donors (Lipinski definition) is 1. The van der Waals surface area contributed by atoms with Crippen molar-refractivity contribution in [3.8, 4) is 11.3 Å². The molecule has 2 aromatic heterocycles. The van der Waals surface area contributed by atoms with Gasteiger partial charge in [0.15, 0.2) is 0 Å². The van der Waals surface area contributed by atoms with E-state index in [1.165, 1.54) is 19.3 Å². The van der Waals surface area contributed by atoms with Crippen LogP contribution in [0.4, 0.5) is 0 Å².